The number of benzene rings is 10. The summed E-state index contributed by atoms with van der Waals surface area (Å²) in [6.07, 6.45) is 0. The molecule has 0 saturated carbocycles. The van der Waals surface area contributed by atoms with Gasteiger partial charge in [0.05, 0.1) is 0 Å². The predicted octanol–water partition coefficient (Wildman–Crippen LogP) is 16.0. The first-order valence-corrected chi connectivity index (χ1v) is 20.0. The van der Waals surface area contributed by atoms with Gasteiger partial charge in [-0.1, -0.05) is 170 Å². The molecule has 0 aliphatic carbocycles. The fourth-order valence-electron chi connectivity index (χ4n) is 8.47. The highest BCUT2D eigenvalue weighted by molar-refractivity contribution is 7.26. The van der Waals surface area contributed by atoms with Crippen molar-refractivity contribution in [2.75, 3.05) is 4.90 Å². The lowest BCUT2D eigenvalue weighted by molar-refractivity contribution is 1.29. The van der Waals surface area contributed by atoms with Crippen LogP contribution in [0.1, 0.15) is 0 Å². The van der Waals surface area contributed by atoms with Crippen LogP contribution in [0.5, 0.6) is 0 Å². The number of hydrogen-bond donors (Lipinski definition) is 0. The highest BCUT2D eigenvalue weighted by Crippen LogP contribution is 2.44. The summed E-state index contributed by atoms with van der Waals surface area (Å²) in [6, 6.07) is 77.7. The average Bonchev–Trinajstić information content (AvgIpc) is 3.66. The van der Waals surface area contributed by atoms with Crippen molar-refractivity contribution < 1.29 is 0 Å². The van der Waals surface area contributed by atoms with Gasteiger partial charge in [-0.25, -0.2) is 0 Å². The van der Waals surface area contributed by atoms with Crippen LogP contribution < -0.4 is 4.90 Å². The molecule has 2 heteroatoms. The second-order valence-corrected chi connectivity index (χ2v) is 15.6. The Hall–Kier alpha value is -7.00. The molecule has 0 N–H and O–H groups in total. The molecule has 1 aromatic heterocycles. The van der Waals surface area contributed by atoms with Gasteiger partial charge in [0.2, 0.25) is 0 Å². The lowest BCUT2D eigenvalue weighted by atomic mass is 9.93. The summed E-state index contributed by atoms with van der Waals surface area (Å²) in [4.78, 5) is 2.41. The fraction of sp³-hybridized carbons (Fsp3) is 0. The number of fused-ring (bicyclic) bond motifs is 8. The van der Waals surface area contributed by atoms with Crippen LogP contribution in [-0.2, 0) is 0 Å². The molecule has 1 heterocycles. The molecule has 0 amide bonds. The molecule has 11 aromatic rings. The van der Waals surface area contributed by atoms with E-state index in [9.17, 15) is 0 Å². The minimum atomic E-state index is 1.11. The third-order valence-corrected chi connectivity index (χ3v) is 12.4. The van der Waals surface area contributed by atoms with Crippen molar-refractivity contribution in [1.29, 1.82) is 0 Å². The number of anilines is 3. The predicted molar refractivity (Wildman–Crippen MR) is 243 cm³/mol. The molecule has 0 unspecified atom stereocenters. The topological polar surface area (TPSA) is 3.24 Å². The van der Waals surface area contributed by atoms with Gasteiger partial charge in [0.1, 0.15) is 0 Å². The standard InChI is InChI=1S/C54H35NS/c1-2-11-36(12-3-1)37-21-23-38(24-22-37)41-15-10-16-44(33-41)55(45-30-32-50-51-31-27-39-13-4-7-18-47(39)54(51)56-53(50)35-45)43-28-25-40(26-29-43)52-34-42-14-5-6-17-46(42)48-19-8-9-20-49(48)52/h1-35H. The summed E-state index contributed by atoms with van der Waals surface area (Å²) in [7, 11) is 0. The van der Waals surface area contributed by atoms with E-state index >= 15 is 0 Å². The van der Waals surface area contributed by atoms with Crippen LogP contribution in [0.3, 0.4) is 0 Å². The van der Waals surface area contributed by atoms with Gasteiger partial charge in [-0.2, -0.15) is 0 Å². The maximum atomic E-state index is 2.41. The van der Waals surface area contributed by atoms with E-state index in [0.717, 1.165) is 17.1 Å². The van der Waals surface area contributed by atoms with Crippen LogP contribution in [0.15, 0.2) is 212 Å². The van der Waals surface area contributed by atoms with Gasteiger partial charge >= 0.3 is 0 Å². The maximum absolute atomic E-state index is 2.41. The van der Waals surface area contributed by atoms with E-state index in [1.54, 1.807) is 0 Å². The van der Waals surface area contributed by atoms with Gasteiger partial charge in [-0.05, 0) is 108 Å². The van der Waals surface area contributed by atoms with E-state index in [2.05, 4.69) is 217 Å². The van der Waals surface area contributed by atoms with E-state index in [0.29, 0.717) is 0 Å². The van der Waals surface area contributed by atoms with Crippen molar-refractivity contribution in [3.05, 3.63) is 212 Å². The molecular weight excluding hydrogens is 695 g/mol. The van der Waals surface area contributed by atoms with E-state index in [1.165, 1.54) is 85.9 Å². The molecule has 262 valence electrons. The van der Waals surface area contributed by atoms with Gasteiger partial charge in [0.25, 0.3) is 0 Å². The molecule has 0 bridgehead atoms. The molecule has 0 aliphatic rings. The Bertz CT molecular complexity index is 3230. The molecule has 1 nitrogen and oxygen atoms in total. The minimum Gasteiger partial charge on any atom is -0.310 e. The number of thiophene rings is 1. The van der Waals surface area contributed by atoms with Crippen molar-refractivity contribution in [2.24, 2.45) is 0 Å². The molecule has 0 fully saturated rings. The first-order chi connectivity index (χ1) is 27.7. The molecule has 11 rings (SSSR count). The van der Waals surface area contributed by atoms with Crippen LogP contribution in [0, 0.1) is 0 Å². The van der Waals surface area contributed by atoms with Crippen molar-refractivity contribution in [1.82, 2.24) is 0 Å². The summed E-state index contributed by atoms with van der Waals surface area (Å²) < 4.78 is 2.63. The summed E-state index contributed by atoms with van der Waals surface area (Å²) >= 11 is 1.89. The number of hydrogen-bond acceptors (Lipinski definition) is 2. The summed E-state index contributed by atoms with van der Waals surface area (Å²) in [5.74, 6) is 0. The molecule has 0 radical (unpaired) electrons. The lowest BCUT2D eigenvalue weighted by Crippen LogP contribution is -2.10. The molecule has 10 aromatic carbocycles. The Morgan fingerprint density at radius 1 is 0.286 bits per heavy atom. The molecule has 0 atom stereocenters. The Labute approximate surface area is 330 Å². The molecule has 0 spiro atoms. The van der Waals surface area contributed by atoms with Crippen LogP contribution in [0.4, 0.5) is 17.1 Å². The Kier molecular flexibility index (Phi) is 7.75. The minimum absolute atomic E-state index is 1.11. The third kappa shape index (κ3) is 5.54. The highest BCUT2D eigenvalue weighted by Gasteiger charge is 2.17. The van der Waals surface area contributed by atoms with Gasteiger partial charge in [-0.3, -0.25) is 0 Å². The third-order valence-electron chi connectivity index (χ3n) is 11.2. The summed E-state index contributed by atoms with van der Waals surface area (Å²) in [6.45, 7) is 0. The maximum Gasteiger partial charge on any atom is 0.0476 e. The second kappa shape index (κ2) is 13.4. The zero-order chi connectivity index (χ0) is 37.0. The Balaban J connectivity index is 1.05. The van der Waals surface area contributed by atoms with E-state index in [1.807, 2.05) is 11.3 Å². The highest BCUT2D eigenvalue weighted by atomic mass is 32.1. The van der Waals surface area contributed by atoms with Crippen LogP contribution >= 0.6 is 11.3 Å². The van der Waals surface area contributed by atoms with Crippen molar-refractivity contribution in [3.8, 4) is 33.4 Å². The van der Waals surface area contributed by atoms with Gasteiger partial charge in [0, 0.05) is 37.2 Å². The van der Waals surface area contributed by atoms with E-state index in [-0.39, 0.29) is 0 Å². The molecule has 0 saturated heterocycles. The fourth-order valence-corrected chi connectivity index (χ4v) is 9.74. The second-order valence-electron chi connectivity index (χ2n) is 14.5. The monoisotopic (exact) mass is 729 g/mol. The van der Waals surface area contributed by atoms with Crippen molar-refractivity contribution >= 4 is 80.9 Å². The Morgan fingerprint density at radius 2 is 0.857 bits per heavy atom. The summed E-state index contributed by atoms with van der Waals surface area (Å²) in [5.41, 5.74) is 10.6. The first kappa shape index (κ1) is 32.4. The smallest absolute Gasteiger partial charge is 0.0476 e. The lowest BCUT2D eigenvalue weighted by Gasteiger charge is -2.26. The van der Waals surface area contributed by atoms with Gasteiger partial charge < -0.3 is 4.90 Å². The van der Waals surface area contributed by atoms with Crippen molar-refractivity contribution in [3.63, 3.8) is 0 Å². The molecular formula is C54H35NS. The van der Waals surface area contributed by atoms with E-state index < -0.39 is 0 Å². The van der Waals surface area contributed by atoms with Crippen molar-refractivity contribution in [2.45, 2.75) is 0 Å². The number of nitrogens with zero attached hydrogens (tertiary/aromatic N) is 1. The summed E-state index contributed by atoms with van der Waals surface area (Å²) in [5, 5.41) is 10.3. The average molecular weight is 730 g/mol. The zero-order valence-corrected chi connectivity index (χ0v) is 31.4. The quantitative estimate of drug-likeness (QED) is 0.154. The Morgan fingerprint density at radius 3 is 1.66 bits per heavy atom. The largest absolute Gasteiger partial charge is 0.310 e. The zero-order valence-electron chi connectivity index (χ0n) is 30.6. The van der Waals surface area contributed by atoms with Gasteiger partial charge in [-0.15, -0.1) is 11.3 Å². The van der Waals surface area contributed by atoms with Crippen LogP contribution in [0.2, 0.25) is 0 Å². The molecule has 56 heavy (non-hydrogen) atoms. The first-order valence-electron chi connectivity index (χ1n) is 19.2. The van der Waals surface area contributed by atoms with Crippen LogP contribution in [-0.4, -0.2) is 0 Å². The van der Waals surface area contributed by atoms with Crippen LogP contribution in [0.25, 0.3) is 85.9 Å². The normalized spacial score (nSPS) is 11.6. The van der Waals surface area contributed by atoms with Gasteiger partial charge in [0.15, 0.2) is 0 Å². The SMILES string of the molecule is c1ccc(-c2ccc(-c3cccc(N(c4ccc(-c5cc6ccccc6c6ccccc56)cc4)c4ccc5c(c4)sc4c6ccccc6ccc54)c3)cc2)cc1. The molecule has 0 aliphatic heterocycles. The van der Waals surface area contributed by atoms with E-state index in [4.69, 9.17) is 0 Å². The number of rotatable bonds is 6.